The number of rotatable bonds is 9. The van der Waals surface area contributed by atoms with Gasteiger partial charge in [-0.25, -0.2) is 0 Å². The van der Waals surface area contributed by atoms with Gasteiger partial charge < -0.3 is 10.1 Å². The number of benzene rings is 1. The lowest BCUT2D eigenvalue weighted by molar-refractivity contribution is 0.0876. The molecule has 0 amide bonds. The van der Waals surface area contributed by atoms with E-state index in [1.54, 1.807) is 7.11 Å². The Balaban J connectivity index is 1.90. The molecule has 106 valence electrons. The van der Waals surface area contributed by atoms with E-state index in [1.807, 2.05) is 0 Å². The maximum atomic E-state index is 5.40. The Hall–Kier alpha value is -0.900. The van der Waals surface area contributed by atoms with Crippen molar-refractivity contribution < 1.29 is 4.74 Å². The van der Waals surface area contributed by atoms with Gasteiger partial charge in [-0.1, -0.05) is 37.3 Å². The lowest BCUT2D eigenvalue weighted by Gasteiger charge is -2.30. The van der Waals surface area contributed by atoms with Crippen molar-refractivity contribution in [2.24, 2.45) is 0 Å². The third-order valence-electron chi connectivity index (χ3n) is 3.73. The first-order valence-electron chi connectivity index (χ1n) is 7.33. The summed E-state index contributed by atoms with van der Waals surface area (Å²) in [5.41, 5.74) is 1.37. The van der Waals surface area contributed by atoms with E-state index in [9.17, 15) is 0 Å². The number of hydrogen-bond acceptors (Lipinski definition) is 3. The van der Waals surface area contributed by atoms with Gasteiger partial charge in [-0.15, -0.1) is 0 Å². The van der Waals surface area contributed by atoms with Crippen LogP contribution in [0, 0.1) is 0 Å². The molecule has 0 radical (unpaired) electrons. The minimum atomic E-state index is 0.454. The fourth-order valence-corrected chi connectivity index (χ4v) is 2.39. The maximum Gasteiger partial charge on any atom is 0.0630 e. The summed E-state index contributed by atoms with van der Waals surface area (Å²) in [6, 6.07) is 11.9. The van der Waals surface area contributed by atoms with Crippen molar-refractivity contribution in [1.29, 1.82) is 0 Å². The zero-order chi connectivity index (χ0) is 13.5. The van der Waals surface area contributed by atoms with E-state index in [-0.39, 0.29) is 0 Å². The number of ether oxygens (including phenoxy) is 1. The first-order chi connectivity index (χ1) is 9.33. The summed E-state index contributed by atoms with van der Waals surface area (Å²) in [5.74, 6) is 0. The molecule has 0 aliphatic heterocycles. The van der Waals surface area contributed by atoms with Gasteiger partial charge in [-0.2, -0.15) is 0 Å². The summed E-state index contributed by atoms with van der Waals surface area (Å²) in [6.45, 7) is 6.09. The minimum absolute atomic E-state index is 0.454. The molecule has 19 heavy (non-hydrogen) atoms. The van der Waals surface area contributed by atoms with Crippen LogP contribution >= 0.6 is 0 Å². The SMILES string of the molecule is CCN(Cc1ccccc1)C(CNC1CC1)COC. The zero-order valence-electron chi connectivity index (χ0n) is 12.1. The third-order valence-corrected chi connectivity index (χ3v) is 3.73. The Labute approximate surface area is 116 Å². The number of methoxy groups -OCH3 is 1. The predicted octanol–water partition coefficient (Wildman–Crippen LogP) is 2.28. The molecule has 1 atom stereocenters. The van der Waals surface area contributed by atoms with E-state index in [4.69, 9.17) is 4.74 Å². The molecule has 0 saturated heterocycles. The van der Waals surface area contributed by atoms with E-state index in [0.29, 0.717) is 6.04 Å². The summed E-state index contributed by atoms with van der Waals surface area (Å²) < 4.78 is 5.40. The zero-order valence-corrected chi connectivity index (χ0v) is 12.1. The van der Waals surface area contributed by atoms with Crippen molar-refractivity contribution >= 4 is 0 Å². The van der Waals surface area contributed by atoms with Gasteiger partial charge in [0.2, 0.25) is 0 Å². The minimum Gasteiger partial charge on any atom is -0.383 e. The monoisotopic (exact) mass is 262 g/mol. The molecule has 0 bridgehead atoms. The standard InChI is InChI=1S/C16H26N2O/c1-3-18(12-14-7-5-4-6-8-14)16(13-19-2)11-17-15-9-10-15/h4-8,15-17H,3,9-13H2,1-2H3. The molecule has 1 aliphatic rings. The highest BCUT2D eigenvalue weighted by Gasteiger charge is 2.24. The Morgan fingerprint density at radius 2 is 2.05 bits per heavy atom. The lowest BCUT2D eigenvalue weighted by atomic mass is 10.1. The van der Waals surface area contributed by atoms with Gasteiger partial charge in [0, 0.05) is 32.3 Å². The Morgan fingerprint density at radius 3 is 2.63 bits per heavy atom. The van der Waals surface area contributed by atoms with Crippen LogP contribution in [-0.4, -0.2) is 43.8 Å². The van der Waals surface area contributed by atoms with Crippen LogP contribution in [0.4, 0.5) is 0 Å². The van der Waals surface area contributed by atoms with Crippen molar-refractivity contribution in [3.05, 3.63) is 35.9 Å². The molecule has 3 heteroatoms. The lowest BCUT2D eigenvalue weighted by Crippen LogP contribution is -2.45. The number of nitrogens with zero attached hydrogens (tertiary/aromatic N) is 1. The number of likely N-dealkylation sites (N-methyl/N-ethyl adjacent to an activating group) is 1. The van der Waals surface area contributed by atoms with Gasteiger partial charge in [0.1, 0.15) is 0 Å². The molecule has 1 aromatic rings. The average Bonchev–Trinajstić information content (AvgIpc) is 3.26. The van der Waals surface area contributed by atoms with Crippen LogP contribution < -0.4 is 5.32 Å². The summed E-state index contributed by atoms with van der Waals surface area (Å²) in [4.78, 5) is 2.49. The largest absolute Gasteiger partial charge is 0.383 e. The first kappa shape index (κ1) is 14.5. The molecule has 1 N–H and O–H groups in total. The summed E-state index contributed by atoms with van der Waals surface area (Å²) in [6.07, 6.45) is 2.68. The third kappa shape index (κ3) is 4.94. The van der Waals surface area contributed by atoms with Crippen molar-refractivity contribution in [3.63, 3.8) is 0 Å². The normalized spacial score (nSPS) is 16.8. The van der Waals surface area contributed by atoms with Gasteiger partial charge in [-0.05, 0) is 24.9 Å². The Morgan fingerprint density at radius 1 is 1.32 bits per heavy atom. The molecule has 1 aliphatic carbocycles. The average molecular weight is 262 g/mol. The molecule has 1 unspecified atom stereocenters. The molecule has 2 rings (SSSR count). The Bertz CT molecular complexity index is 351. The molecule has 0 spiro atoms. The fourth-order valence-electron chi connectivity index (χ4n) is 2.39. The van der Waals surface area contributed by atoms with Gasteiger partial charge >= 0.3 is 0 Å². The first-order valence-corrected chi connectivity index (χ1v) is 7.33. The van der Waals surface area contributed by atoms with Crippen molar-refractivity contribution in [1.82, 2.24) is 10.2 Å². The van der Waals surface area contributed by atoms with Crippen LogP contribution in [0.2, 0.25) is 0 Å². The highest BCUT2D eigenvalue weighted by Crippen LogP contribution is 2.19. The summed E-state index contributed by atoms with van der Waals surface area (Å²) in [5, 5.41) is 3.62. The molecule has 0 aromatic heterocycles. The number of hydrogen-bond donors (Lipinski definition) is 1. The van der Waals surface area contributed by atoms with Crippen molar-refractivity contribution in [3.8, 4) is 0 Å². The van der Waals surface area contributed by atoms with Crippen molar-refractivity contribution in [2.75, 3.05) is 26.8 Å². The molecule has 3 nitrogen and oxygen atoms in total. The van der Waals surface area contributed by atoms with Gasteiger partial charge in [-0.3, -0.25) is 4.90 Å². The highest BCUT2D eigenvalue weighted by molar-refractivity contribution is 5.14. The molecule has 1 aromatic carbocycles. The second kappa shape index (κ2) is 7.63. The smallest absolute Gasteiger partial charge is 0.0630 e. The van der Waals surface area contributed by atoms with Crippen LogP contribution in [0.3, 0.4) is 0 Å². The second-order valence-corrected chi connectivity index (χ2v) is 5.34. The van der Waals surface area contributed by atoms with E-state index >= 15 is 0 Å². The Kier molecular flexibility index (Phi) is 5.83. The molecular formula is C16H26N2O. The van der Waals surface area contributed by atoms with Crippen LogP contribution in [0.1, 0.15) is 25.3 Å². The van der Waals surface area contributed by atoms with Gasteiger partial charge in [0.25, 0.3) is 0 Å². The van der Waals surface area contributed by atoms with E-state index in [0.717, 1.165) is 32.3 Å². The van der Waals surface area contributed by atoms with Gasteiger partial charge in [0.05, 0.1) is 6.61 Å². The maximum absolute atomic E-state index is 5.40. The highest BCUT2D eigenvalue weighted by atomic mass is 16.5. The fraction of sp³-hybridized carbons (Fsp3) is 0.625. The van der Waals surface area contributed by atoms with E-state index < -0.39 is 0 Å². The summed E-state index contributed by atoms with van der Waals surface area (Å²) >= 11 is 0. The second-order valence-electron chi connectivity index (χ2n) is 5.34. The van der Waals surface area contributed by atoms with Gasteiger partial charge in [0.15, 0.2) is 0 Å². The van der Waals surface area contributed by atoms with Crippen molar-refractivity contribution in [2.45, 2.75) is 38.4 Å². The number of nitrogens with one attached hydrogen (secondary N) is 1. The molecule has 1 saturated carbocycles. The van der Waals surface area contributed by atoms with Crippen LogP contribution in [0.15, 0.2) is 30.3 Å². The quantitative estimate of drug-likeness (QED) is 0.739. The van der Waals surface area contributed by atoms with Crippen LogP contribution in [0.25, 0.3) is 0 Å². The topological polar surface area (TPSA) is 24.5 Å². The molecule has 0 heterocycles. The van der Waals surface area contributed by atoms with E-state index in [2.05, 4.69) is 47.5 Å². The summed E-state index contributed by atoms with van der Waals surface area (Å²) in [7, 11) is 1.79. The van der Waals surface area contributed by atoms with Crippen LogP contribution in [0.5, 0.6) is 0 Å². The predicted molar refractivity (Wildman–Crippen MR) is 79.2 cm³/mol. The van der Waals surface area contributed by atoms with E-state index in [1.165, 1.54) is 18.4 Å². The molecule has 1 fully saturated rings. The molecular weight excluding hydrogens is 236 g/mol. The van der Waals surface area contributed by atoms with Crippen LogP contribution in [-0.2, 0) is 11.3 Å².